The van der Waals surface area contributed by atoms with Gasteiger partial charge in [-0.3, -0.25) is 4.79 Å². The average Bonchev–Trinajstić information content (AvgIpc) is 2.05. The maximum Gasteiger partial charge on any atom is 0.324 e. The first-order valence-electron chi connectivity index (χ1n) is 3.36. The topological polar surface area (TPSA) is 50.4 Å². The number of carbonyl (C=O) groups excluding carboxylic acids is 1. The molecule has 0 aromatic carbocycles. The summed E-state index contributed by atoms with van der Waals surface area (Å²) in [6.45, 7) is 2.43. The predicted molar refractivity (Wildman–Crippen MR) is 51.2 cm³/mol. The van der Waals surface area contributed by atoms with Gasteiger partial charge in [0.2, 0.25) is 0 Å². The highest BCUT2D eigenvalue weighted by Gasteiger charge is 2.19. The summed E-state index contributed by atoms with van der Waals surface area (Å²) in [5, 5.41) is 6.12. The normalized spacial score (nSPS) is 21.6. The molecular formula is C6H14Cl2N2O2. The fraction of sp³-hybridized carbons (Fsp3) is 0.833. The minimum Gasteiger partial charge on any atom is -0.468 e. The van der Waals surface area contributed by atoms with Crippen molar-refractivity contribution >= 4 is 30.8 Å². The number of methoxy groups -OCH3 is 1. The van der Waals surface area contributed by atoms with E-state index in [-0.39, 0.29) is 36.8 Å². The summed E-state index contributed by atoms with van der Waals surface area (Å²) in [7, 11) is 1.40. The van der Waals surface area contributed by atoms with Crippen molar-refractivity contribution < 1.29 is 9.53 Å². The lowest BCUT2D eigenvalue weighted by Crippen LogP contribution is -2.52. The molecule has 1 saturated heterocycles. The maximum absolute atomic E-state index is 10.8. The quantitative estimate of drug-likeness (QED) is 0.585. The highest BCUT2D eigenvalue weighted by molar-refractivity contribution is 5.85. The Bertz CT molecular complexity index is 129. The standard InChI is InChI=1S/C6H12N2O2.2ClH/c1-10-6(9)5-4-7-2-3-8-5;;/h5,7-8H,2-4H2,1H3;2*1H/t5-;;/m1../s1. The number of rotatable bonds is 1. The van der Waals surface area contributed by atoms with E-state index < -0.39 is 0 Å². The van der Waals surface area contributed by atoms with Gasteiger partial charge in [-0.1, -0.05) is 0 Å². The van der Waals surface area contributed by atoms with Crippen LogP contribution in [0.4, 0.5) is 0 Å². The van der Waals surface area contributed by atoms with E-state index >= 15 is 0 Å². The largest absolute Gasteiger partial charge is 0.468 e. The lowest BCUT2D eigenvalue weighted by molar-refractivity contribution is -0.143. The molecule has 0 aliphatic carbocycles. The molecule has 0 aromatic heterocycles. The van der Waals surface area contributed by atoms with Crippen molar-refractivity contribution in [1.29, 1.82) is 0 Å². The van der Waals surface area contributed by atoms with Crippen molar-refractivity contribution in [2.45, 2.75) is 6.04 Å². The van der Waals surface area contributed by atoms with Gasteiger partial charge >= 0.3 is 5.97 Å². The molecule has 1 fully saturated rings. The van der Waals surface area contributed by atoms with E-state index in [1.165, 1.54) is 7.11 Å². The molecule has 74 valence electrons. The summed E-state index contributed by atoms with van der Waals surface area (Å²) in [6, 6.07) is -0.154. The smallest absolute Gasteiger partial charge is 0.324 e. The van der Waals surface area contributed by atoms with Crippen LogP contribution in [-0.2, 0) is 9.53 Å². The van der Waals surface area contributed by atoms with E-state index in [2.05, 4.69) is 15.4 Å². The van der Waals surface area contributed by atoms with Crippen molar-refractivity contribution in [3.05, 3.63) is 0 Å². The Kier molecular flexibility index (Phi) is 9.19. The summed E-state index contributed by atoms with van der Waals surface area (Å²) in [5.41, 5.74) is 0. The molecule has 2 N–H and O–H groups in total. The minimum absolute atomic E-state index is 0. The molecule has 1 heterocycles. The van der Waals surface area contributed by atoms with Crippen molar-refractivity contribution in [1.82, 2.24) is 10.6 Å². The number of hydrogen-bond acceptors (Lipinski definition) is 4. The molecule has 0 radical (unpaired) electrons. The molecular weight excluding hydrogens is 203 g/mol. The number of piperazine rings is 1. The van der Waals surface area contributed by atoms with Crippen LogP contribution in [0.2, 0.25) is 0 Å². The van der Waals surface area contributed by atoms with Crippen LogP contribution in [0.1, 0.15) is 0 Å². The lowest BCUT2D eigenvalue weighted by Gasteiger charge is -2.21. The first-order valence-corrected chi connectivity index (χ1v) is 3.36. The highest BCUT2D eigenvalue weighted by atomic mass is 35.5. The lowest BCUT2D eigenvalue weighted by atomic mass is 10.2. The van der Waals surface area contributed by atoms with Gasteiger partial charge in [0.15, 0.2) is 0 Å². The van der Waals surface area contributed by atoms with Crippen LogP contribution < -0.4 is 10.6 Å². The Balaban J connectivity index is 0. The predicted octanol–water partition coefficient (Wildman–Crippen LogP) is -0.436. The first-order chi connectivity index (χ1) is 4.84. The molecule has 0 amide bonds. The average molecular weight is 217 g/mol. The zero-order chi connectivity index (χ0) is 7.40. The number of hydrogen-bond donors (Lipinski definition) is 2. The van der Waals surface area contributed by atoms with Crippen LogP contribution in [0.3, 0.4) is 0 Å². The molecule has 12 heavy (non-hydrogen) atoms. The van der Waals surface area contributed by atoms with E-state index in [0.29, 0.717) is 6.54 Å². The number of carbonyl (C=O) groups is 1. The molecule has 0 aromatic rings. The van der Waals surface area contributed by atoms with Gasteiger partial charge in [0.05, 0.1) is 7.11 Å². The van der Waals surface area contributed by atoms with Crippen LogP contribution in [0.15, 0.2) is 0 Å². The molecule has 6 heteroatoms. The second-order valence-corrected chi connectivity index (χ2v) is 2.23. The molecule has 0 spiro atoms. The fourth-order valence-corrected chi connectivity index (χ4v) is 0.962. The van der Waals surface area contributed by atoms with E-state index in [1.807, 2.05) is 0 Å². The number of esters is 1. The minimum atomic E-state index is -0.188. The van der Waals surface area contributed by atoms with Gasteiger partial charge in [0.25, 0.3) is 0 Å². The summed E-state index contributed by atoms with van der Waals surface area (Å²) in [5.74, 6) is -0.188. The Morgan fingerprint density at radius 2 is 2.08 bits per heavy atom. The van der Waals surface area contributed by atoms with Crippen LogP contribution in [0, 0.1) is 0 Å². The van der Waals surface area contributed by atoms with Crippen LogP contribution >= 0.6 is 24.8 Å². The third-order valence-electron chi connectivity index (χ3n) is 1.53. The number of ether oxygens (including phenoxy) is 1. The van der Waals surface area contributed by atoms with Crippen molar-refractivity contribution in [3.8, 4) is 0 Å². The van der Waals surface area contributed by atoms with Gasteiger partial charge in [-0.05, 0) is 0 Å². The summed E-state index contributed by atoms with van der Waals surface area (Å²) in [4.78, 5) is 10.8. The second-order valence-electron chi connectivity index (χ2n) is 2.23. The molecule has 1 aliphatic heterocycles. The van der Waals surface area contributed by atoms with Gasteiger partial charge in [0.1, 0.15) is 6.04 Å². The molecule has 1 aliphatic rings. The van der Waals surface area contributed by atoms with Crippen molar-refractivity contribution in [2.75, 3.05) is 26.7 Å². The monoisotopic (exact) mass is 216 g/mol. The summed E-state index contributed by atoms with van der Waals surface area (Å²) < 4.78 is 4.55. The zero-order valence-corrected chi connectivity index (χ0v) is 8.46. The second kappa shape index (κ2) is 7.61. The van der Waals surface area contributed by atoms with Gasteiger partial charge in [-0.2, -0.15) is 0 Å². The Hall–Kier alpha value is -0.0300. The van der Waals surface area contributed by atoms with E-state index in [9.17, 15) is 4.79 Å². The Morgan fingerprint density at radius 3 is 2.50 bits per heavy atom. The molecule has 0 saturated carbocycles. The maximum atomic E-state index is 10.8. The van der Waals surface area contributed by atoms with E-state index in [1.54, 1.807) is 0 Å². The summed E-state index contributed by atoms with van der Waals surface area (Å²) >= 11 is 0. The van der Waals surface area contributed by atoms with E-state index in [0.717, 1.165) is 13.1 Å². The molecule has 0 unspecified atom stereocenters. The number of nitrogens with one attached hydrogen (secondary N) is 2. The molecule has 1 atom stereocenters. The SMILES string of the molecule is COC(=O)[C@H]1CNCCN1.Cl.Cl. The molecule has 1 rings (SSSR count). The highest BCUT2D eigenvalue weighted by Crippen LogP contribution is 1.88. The summed E-state index contributed by atoms with van der Waals surface area (Å²) in [6.07, 6.45) is 0. The van der Waals surface area contributed by atoms with Crippen LogP contribution in [0.25, 0.3) is 0 Å². The van der Waals surface area contributed by atoms with Gasteiger partial charge < -0.3 is 15.4 Å². The molecule has 0 bridgehead atoms. The molecule has 4 nitrogen and oxygen atoms in total. The third-order valence-corrected chi connectivity index (χ3v) is 1.53. The van der Waals surface area contributed by atoms with Gasteiger partial charge in [-0.15, -0.1) is 24.8 Å². The first kappa shape index (κ1) is 14.5. The van der Waals surface area contributed by atoms with Crippen molar-refractivity contribution in [3.63, 3.8) is 0 Å². The van der Waals surface area contributed by atoms with Crippen molar-refractivity contribution in [2.24, 2.45) is 0 Å². The fourth-order valence-electron chi connectivity index (χ4n) is 0.962. The number of halogens is 2. The van der Waals surface area contributed by atoms with Crippen LogP contribution in [0.5, 0.6) is 0 Å². The van der Waals surface area contributed by atoms with Crippen LogP contribution in [-0.4, -0.2) is 38.8 Å². The Labute approximate surface area is 84.2 Å². The zero-order valence-electron chi connectivity index (χ0n) is 6.83. The Morgan fingerprint density at radius 1 is 1.42 bits per heavy atom. The van der Waals surface area contributed by atoms with Gasteiger partial charge in [-0.25, -0.2) is 0 Å². The van der Waals surface area contributed by atoms with E-state index in [4.69, 9.17) is 0 Å². The third kappa shape index (κ3) is 4.11. The van der Waals surface area contributed by atoms with Gasteiger partial charge in [0, 0.05) is 19.6 Å².